The van der Waals surface area contributed by atoms with Gasteiger partial charge in [-0.2, -0.15) is 0 Å². The molecule has 0 aliphatic carbocycles. The molecular formula is C15H23NO3. The third-order valence-corrected chi connectivity index (χ3v) is 3.56. The molecule has 106 valence electrons. The van der Waals surface area contributed by atoms with Crippen molar-refractivity contribution < 1.29 is 14.6 Å². The lowest BCUT2D eigenvalue weighted by Gasteiger charge is -2.30. The van der Waals surface area contributed by atoms with Crippen LogP contribution in [0, 0.1) is 0 Å². The minimum absolute atomic E-state index is 0.0378. The van der Waals surface area contributed by atoms with Crippen LogP contribution in [-0.4, -0.2) is 30.3 Å². The lowest BCUT2D eigenvalue weighted by atomic mass is 9.93. The number of amides is 1. The molecule has 1 aromatic rings. The van der Waals surface area contributed by atoms with Gasteiger partial charge in [-0.3, -0.25) is 4.79 Å². The number of hydrogen-bond donors (Lipinski definition) is 2. The third kappa shape index (κ3) is 4.24. The van der Waals surface area contributed by atoms with Crippen molar-refractivity contribution in [3.8, 4) is 5.75 Å². The van der Waals surface area contributed by atoms with Gasteiger partial charge in [-0.05, 0) is 30.5 Å². The molecular weight excluding hydrogens is 242 g/mol. The predicted octanol–water partition coefficient (Wildman–Crippen LogP) is 1.90. The van der Waals surface area contributed by atoms with Gasteiger partial charge in [0.15, 0.2) is 0 Å². The summed E-state index contributed by atoms with van der Waals surface area (Å²) in [6.45, 7) is 3.89. The van der Waals surface area contributed by atoms with Crippen LogP contribution in [0.4, 0.5) is 0 Å². The third-order valence-electron chi connectivity index (χ3n) is 3.56. The van der Waals surface area contributed by atoms with Crippen LogP contribution < -0.4 is 10.1 Å². The minimum Gasteiger partial charge on any atom is -0.497 e. The van der Waals surface area contributed by atoms with Crippen LogP contribution in [-0.2, 0) is 11.2 Å². The van der Waals surface area contributed by atoms with Crippen LogP contribution in [0.15, 0.2) is 24.3 Å². The van der Waals surface area contributed by atoms with Gasteiger partial charge in [0.25, 0.3) is 0 Å². The van der Waals surface area contributed by atoms with E-state index in [1.165, 1.54) is 0 Å². The fourth-order valence-electron chi connectivity index (χ4n) is 2.00. The van der Waals surface area contributed by atoms with Crippen molar-refractivity contribution in [1.29, 1.82) is 0 Å². The molecule has 0 saturated carbocycles. The topological polar surface area (TPSA) is 58.6 Å². The highest BCUT2D eigenvalue weighted by molar-refractivity contribution is 5.79. The molecule has 0 aromatic heterocycles. The highest BCUT2D eigenvalue weighted by Crippen LogP contribution is 2.16. The lowest BCUT2D eigenvalue weighted by molar-refractivity contribution is -0.123. The summed E-state index contributed by atoms with van der Waals surface area (Å²) in [6, 6.07) is 7.44. The summed E-state index contributed by atoms with van der Waals surface area (Å²) in [4.78, 5) is 12.0. The second-order valence-corrected chi connectivity index (χ2v) is 4.72. The van der Waals surface area contributed by atoms with E-state index in [9.17, 15) is 9.90 Å². The van der Waals surface area contributed by atoms with E-state index >= 15 is 0 Å². The van der Waals surface area contributed by atoms with Gasteiger partial charge in [0, 0.05) is 0 Å². The molecule has 0 heterocycles. The maximum absolute atomic E-state index is 12.0. The Balaban J connectivity index is 2.68. The van der Waals surface area contributed by atoms with Gasteiger partial charge < -0.3 is 15.2 Å². The van der Waals surface area contributed by atoms with Crippen LogP contribution in [0.5, 0.6) is 5.75 Å². The van der Waals surface area contributed by atoms with Gasteiger partial charge in [0.1, 0.15) is 5.75 Å². The number of rotatable bonds is 7. The van der Waals surface area contributed by atoms with Crippen molar-refractivity contribution in [2.75, 3.05) is 13.7 Å². The van der Waals surface area contributed by atoms with Crippen molar-refractivity contribution in [2.24, 2.45) is 0 Å². The fourth-order valence-corrected chi connectivity index (χ4v) is 2.00. The first-order chi connectivity index (χ1) is 9.09. The molecule has 0 radical (unpaired) electrons. The Bertz CT molecular complexity index is 405. The zero-order valence-corrected chi connectivity index (χ0v) is 11.9. The highest BCUT2D eigenvalue weighted by Gasteiger charge is 2.26. The zero-order chi connectivity index (χ0) is 14.3. The predicted molar refractivity (Wildman–Crippen MR) is 75.2 cm³/mol. The number of aliphatic hydroxyl groups excluding tert-OH is 1. The van der Waals surface area contributed by atoms with Crippen LogP contribution in [0.3, 0.4) is 0 Å². The number of aliphatic hydroxyl groups is 1. The van der Waals surface area contributed by atoms with Crippen LogP contribution >= 0.6 is 0 Å². The first kappa shape index (κ1) is 15.5. The number of carbonyl (C=O) groups is 1. The van der Waals surface area contributed by atoms with E-state index < -0.39 is 5.54 Å². The quantitative estimate of drug-likeness (QED) is 0.791. The summed E-state index contributed by atoms with van der Waals surface area (Å²) in [6.07, 6.45) is 1.71. The van der Waals surface area contributed by atoms with Crippen molar-refractivity contribution in [3.63, 3.8) is 0 Å². The average molecular weight is 265 g/mol. The Kier molecular flexibility index (Phi) is 5.83. The normalized spacial score (nSPS) is 11.2. The first-order valence-corrected chi connectivity index (χ1v) is 6.64. The van der Waals surface area contributed by atoms with E-state index in [2.05, 4.69) is 5.32 Å². The largest absolute Gasteiger partial charge is 0.497 e. The Morgan fingerprint density at radius 2 is 2.05 bits per heavy atom. The molecule has 19 heavy (non-hydrogen) atoms. The van der Waals surface area contributed by atoms with Gasteiger partial charge in [-0.1, -0.05) is 26.0 Å². The molecule has 0 atom stereocenters. The van der Waals surface area contributed by atoms with Crippen molar-refractivity contribution >= 4 is 5.91 Å². The molecule has 0 bridgehead atoms. The molecule has 0 aliphatic heterocycles. The number of nitrogens with one attached hydrogen (secondary N) is 1. The second kappa shape index (κ2) is 7.14. The van der Waals surface area contributed by atoms with Gasteiger partial charge in [-0.25, -0.2) is 0 Å². The number of methoxy groups -OCH3 is 1. The van der Waals surface area contributed by atoms with E-state index in [-0.39, 0.29) is 12.5 Å². The Hall–Kier alpha value is -1.55. The highest BCUT2D eigenvalue weighted by atomic mass is 16.5. The molecule has 0 spiro atoms. The van der Waals surface area contributed by atoms with Gasteiger partial charge in [0.2, 0.25) is 5.91 Å². The summed E-state index contributed by atoms with van der Waals surface area (Å²) in [5.74, 6) is 0.663. The molecule has 0 aliphatic rings. The Morgan fingerprint density at radius 1 is 1.37 bits per heavy atom. The lowest BCUT2D eigenvalue weighted by Crippen LogP contribution is -2.51. The SMILES string of the molecule is CCC(CC)(CO)NC(=O)Cc1cccc(OC)c1. The van der Waals surface area contributed by atoms with Crippen molar-refractivity contribution in [3.05, 3.63) is 29.8 Å². The zero-order valence-electron chi connectivity index (χ0n) is 11.9. The summed E-state index contributed by atoms with van der Waals surface area (Å²) < 4.78 is 5.13. The molecule has 0 unspecified atom stereocenters. The second-order valence-electron chi connectivity index (χ2n) is 4.72. The fraction of sp³-hybridized carbons (Fsp3) is 0.533. The number of carbonyl (C=O) groups excluding carboxylic acids is 1. The summed E-state index contributed by atoms with van der Waals surface area (Å²) in [5, 5.41) is 12.4. The van der Waals surface area contributed by atoms with Crippen LogP contribution in [0.2, 0.25) is 0 Å². The molecule has 1 rings (SSSR count). The van der Waals surface area contributed by atoms with Gasteiger partial charge >= 0.3 is 0 Å². The van der Waals surface area contributed by atoms with E-state index in [1.54, 1.807) is 7.11 Å². The van der Waals surface area contributed by atoms with Gasteiger partial charge in [0.05, 0.1) is 25.7 Å². The first-order valence-electron chi connectivity index (χ1n) is 6.64. The minimum atomic E-state index is -0.504. The van der Waals surface area contributed by atoms with Crippen molar-refractivity contribution in [2.45, 2.75) is 38.6 Å². The van der Waals surface area contributed by atoms with Crippen LogP contribution in [0.25, 0.3) is 0 Å². The average Bonchev–Trinajstić information content (AvgIpc) is 2.45. The number of hydrogen-bond acceptors (Lipinski definition) is 3. The summed E-state index contributed by atoms with van der Waals surface area (Å²) in [7, 11) is 1.60. The number of benzene rings is 1. The molecule has 1 amide bonds. The maximum atomic E-state index is 12.0. The maximum Gasteiger partial charge on any atom is 0.224 e. The molecule has 4 heteroatoms. The Morgan fingerprint density at radius 3 is 2.58 bits per heavy atom. The van der Waals surface area contributed by atoms with E-state index in [4.69, 9.17) is 4.74 Å². The van der Waals surface area contributed by atoms with Gasteiger partial charge in [-0.15, -0.1) is 0 Å². The molecule has 0 saturated heterocycles. The number of ether oxygens (including phenoxy) is 1. The molecule has 0 fully saturated rings. The summed E-state index contributed by atoms with van der Waals surface area (Å²) >= 11 is 0. The monoisotopic (exact) mass is 265 g/mol. The Labute approximate surface area is 114 Å². The van der Waals surface area contributed by atoms with E-state index in [1.807, 2.05) is 38.1 Å². The van der Waals surface area contributed by atoms with E-state index in [0.717, 1.165) is 11.3 Å². The molecule has 1 aromatic carbocycles. The summed E-state index contributed by atoms with van der Waals surface area (Å²) in [5.41, 5.74) is 0.395. The standard InChI is InChI=1S/C15H23NO3/c1-4-15(5-2,11-17)16-14(18)10-12-7-6-8-13(9-12)19-3/h6-9,17H,4-5,10-11H2,1-3H3,(H,16,18). The van der Waals surface area contributed by atoms with Crippen molar-refractivity contribution in [1.82, 2.24) is 5.32 Å². The smallest absolute Gasteiger partial charge is 0.224 e. The molecule has 2 N–H and O–H groups in total. The molecule has 4 nitrogen and oxygen atoms in total. The van der Waals surface area contributed by atoms with Crippen LogP contribution in [0.1, 0.15) is 32.3 Å². The van der Waals surface area contributed by atoms with E-state index in [0.29, 0.717) is 19.3 Å².